The van der Waals surface area contributed by atoms with E-state index >= 15 is 0 Å². The number of rotatable bonds is 4. The molecule has 0 unspecified atom stereocenters. The van der Waals surface area contributed by atoms with E-state index in [4.69, 9.17) is 4.74 Å². The molecule has 2 fully saturated rings. The van der Waals surface area contributed by atoms with Crippen LogP contribution in [0.15, 0.2) is 30.5 Å². The van der Waals surface area contributed by atoms with E-state index in [0.717, 1.165) is 18.5 Å². The topological polar surface area (TPSA) is 59.4 Å². The molecule has 4 heteroatoms. The van der Waals surface area contributed by atoms with Crippen molar-refractivity contribution in [3.63, 3.8) is 0 Å². The number of allylic oxidation sites excluding steroid dienone is 1. The largest absolute Gasteiger partial charge is 0.462 e. The van der Waals surface area contributed by atoms with Gasteiger partial charge in [0.15, 0.2) is 0 Å². The van der Waals surface area contributed by atoms with Gasteiger partial charge in [-0.1, -0.05) is 25.5 Å². The van der Waals surface area contributed by atoms with Crippen LogP contribution in [0.2, 0.25) is 0 Å². The predicted molar refractivity (Wildman–Crippen MR) is 88.3 cm³/mol. The zero-order chi connectivity index (χ0) is 16.4. The molecule has 124 valence electrons. The molecule has 1 saturated carbocycles. The van der Waals surface area contributed by atoms with Gasteiger partial charge < -0.3 is 9.84 Å². The van der Waals surface area contributed by atoms with Gasteiger partial charge in [0.2, 0.25) is 0 Å². The van der Waals surface area contributed by atoms with Crippen molar-refractivity contribution in [3.8, 4) is 0 Å². The molecule has 0 spiro atoms. The molecule has 23 heavy (non-hydrogen) atoms. The van der Waals surface area contributed by atoms with Crippen LogP contribution < -0.4 is 0 Å². The summed E-state index contributed by atoms with van der Waals surface area (Å²) in [7, 11) is 0. The van der Waals surface area contributed by atoms with E-state index in [1.165, 1.54) is 0 Å². The molecule has 0 amide bonds. The minimum Gasteiger partial charge on any atom is -0.462 e. The van der Waals surface area contributed by atoms with E-state index < -0.39 is 0 Å². The normalized spacial score (nSPS) is 36.9. The fourth-order valence-electron chi connectivity index (χ4n) is 4.54. The van der Waals surface area contributed by atoms with Crippen LogP contribution >= 0.6 is 0 Å². The van der Waals surface area contributed by atoms with Gasteiger partial charge in [-0.05, 0) is 49.3 Å². The van der Waals surface area contributed by atoms with Crippen molar-refractivity contribution in [1.29, 1.82) is 0 Å². The molecule has 0 aromatic carbocycles. The molecule has 2 heterocycles. The Bertz CT molecular complexity index is 571. The maximum Gasteiger partial charge on any atom is 0.309 e. The van der Waals surface area contributed by atoms with Gasteiger partial charge in [-0.3, -0.25) is 9.78 Å². The smallest absolute Gasteiger partial charge is 0.309 e. The Hall–Kier alpha value is -1.68. The summed E-state index contributed by atoms with van der Waals surface area (Å²) in [6, 6.07) is 5.84. The second-order valence-corrected chi connectivity index (χ2v) is 6.77. The van der Waals surface area contributed by atoms with Crippen LogP contribution in [0.1, 0.15) is 32.4 Å². The zero-order valence-electron chi connectivity index (χ0n) is 13.8. The monoisotopic (exact) mass is 315 g/mol. The van der Waals surface area contributed by atoms with Gasteiger partial charge in [0.1, 0.15) is 6.10 Å². The number of carbonyl (C=O) groups is 1. The molecule has 0 bridgehead atoms. The standard InChI is InChI=1S/C19H25NO3/c1-3-15-13(11-21)10-17-18(12(2)23-19(17)22)16(15)8-7-14-6-4-5-9-20-14/h4-9,12-13,15-18,21H,3,10-11H2,1-2H3/t12-,13-,15-,16+,17-,18+/m1/s1. The van der Waals surface area contributed by atoms with E-state index in [0.29, 0.717) is 5.92 Å². The highest BCUT2D eigenvalue weighted by molar-refractivity contribution is 5.75. The first-order valence-corrected chi connectivity index (χ1v) is 8.56. The first-order valence-electron chi connectivity index (χ1n) is 8.56. The summed E-state index contributed by atoms with van der Waals surface area (Å²) in [5.74, 6) is 0.806. The number of hydrogen-bond donors (Lipinski definition) is 1. The Morgan fingerprint density at radius 1 is 1.43 bits per heavy atom. The fourth-order valence-corrected chi connectivity index (χ4v) is 4.54. The summed E-state index contributed by atoms with van der Waals surface area (Å²) >= 11 is 0. The predicted octanol–water partition coefficient (Wildman–Crippen LogP) is 2.93. The zero-order valence-corrected chi connectivity index (χ0v) is 13.8. The number of ether oxygens (including phenoxy) is 1. The summed E-state index contributed by atoms with van der Waals surface area (Å²) in [6.07, 6.45) is 7.69. The average Bonchev–Trinajstić information content (AvgIpc) is 2.86. The third-order valence-corrected chi connectivity index (χ3v) is 5.60. The fraction of sp³-hybridized carbons (Fsp3) is 0.579. The summed E-state index contributed by atoms with van der Waals surface area (Å²) in [4.78, 5) is 16.5. The maximum atomic E-state index is 12.2. The molecule has 0 radical (unpaired) electrons. The number of esters is 1. The molecule has 4 nitrogen and oxygen atoms in total. The number of fused-ring (bicyclic) bond motifs is 1. The van der Waals surface area contributed by atoms with Crippen molar-refractivity contribution in [2.24, 2.45) is 29.6 Å². The number of aliphatic hydroxyl groups is 1. The number of aliphatic hydroxyl groups excluding tert-OH is 1. The maximum absolute atomic E-state index is 12.2. The minimum atomic E-state index is -0.0910. The summed E-state index contributed by atoms with van der Waals surface area (Å²) in [6.45, 7) is 4.30. The van der Waals surface area contributed by atoms with Gasteiger partial charge in [0, 0.05) is 18.7 Å². The highest BCUT2D eigenvalue weighted by Crippen LogP contribution is 2.50. The number of nitrogens with zero attached hydrogens (tertiary/aromatic N) is 1. The van der Waals surface area contributed by atoms with E-state index in [9.17, 15) is 9.90 Å². The van der Waals surface area contributed by atoms with Crippen LogP contribution in [0.3, 0.4) is 0 Å². The first-order chi connectivity index (χ1) is 11.2. The molecule has 1 aliphatic heterocycles. The third-order valence-electron chi connectivity index (χ3n) is 5.60. The van der Waals surface area contributed by atoms with Gasteiger partial charge >= 0.3 is 5.97 Å². The van der Waals surface area contributed by atoms with Crippen LogP contribution in [0.4, 0.5) is 0 Å². The SMILES string of the molecule is CC[C@@H]1[C@@H](CO)C[C@H]2C(=O)O[C@H](C)[C@H]2[C@H]1C=Cc1ccccn1. The third kappa shape index (κ3) is 3.05. The molecular formula is C19H25NO3. The Morgan fingerprint density at radius 3 is 2.91 bits per heavy atom. The molecular weight excluding hydrogens is 290 g/mol. The lowest BCUT2D eigenvalue weighted by Crippen LogP contribution is -2.42. The second-order valence-electron chi connectivity index (χ2n) is 6.77. The van der Waals surface area contributed by atoms with Crippen molar-refractivity contribution in [2.75, 3.05) is 6.61 Å². The second kappa shape index (κ2) is 6.83. The highest BCUT2D eigenvalue weighted by Gasteiger charge is 2.52. The lowest BCUT2D eigenvalue weighted by atomic mass is 9.60. The van der Waals surface area contributed by atoms with E-state index in [2.05, 4.69) is 18.0 Å². The Balaban J connectivity index is 1.91. The van der Waals surface area contributed by atoms with Crippen LogP contribution in [-0.2, 0) is 9.53 Å². The number of aromatic nitrogens is 1. The van der Waals surface area contributed by atoms with E-state index in [1.54, 1.807) is 6.20 Å². The Morgan fingerprint density at radius 2 is 2.26 bits per heavy atom. The van der Waals surface area contributed by atoms with Crippen LogP contribution in [0.25, 0.3) is 6.08 Å². The van der Waals surface area contributed by atoms with Gasteiger partial charge in [0.05, 0.1) is 11.6 Å². The van der Waals surface area contributed by atoms with E-state index in [1.807, 2.05) is 31.2 Å². The van der Waals surface area contributed by atoms with Crippen molar-refractivity contribution in [2.45, 2.75) is 32.8 Å². The number of hydrogen-bond acceptors (Lipinski definition) is 4. The summed E-state index contributed by atoms with van der Waals surface area (Å²) in [5, 5.41) is 9.78. The molecule has 1 aliphatic carbocycles. The van der Waals surface area contributed by atoms with Crippen molar-refractivity contribution in [1.82, 2.24) is 4.98 Å². The number of pyridine rings is 1. The lowest BCUT2D eigenvalue weighted by Gasteiger charge is -2.42. The highest BCUT2D eigenvalue weighted by atomic mass is 16.6. The molecule has 6 atom stereocenters. The minimum absolute atomic E-state index is 0.0559. The molecule has 2 aliphatic rings. The van der Waals surface area contributed by atoms with E-state index in [-0.39, 0.29) is 42.4 Å². The van der Waals surface area contributed by atoms with Crippen molar-refractivity contribution < 1.29 is 14.6 Å². The number of carbonyl (C=O) groups excluding carboxylic acids is 1. The number of cyclic esters (lactones) is 1. The van der Waals surface area contributed by atoms with Gasteiger partial charge in [-0.2, -0.15) is 0 Å². The van der Waals surface area contributed by atoms with Gasteiger partial charge in [-0.25, -0.2) is 0 Å². The van der Waals surface area contributed by atoms with Crippen LogP contribution in [-0.4, -0.2) is 28.8 Å². The molecule has 3 rings (SSSR count). The van der Waals surface area contributed by atoms with Gasteiger partial charge in [0.25, 0.3) is 0 Å². The molecule has 1 aromatic heterocycles. The molecule has 1 N–H and O–H groups in total. The molecule has 1 aromatic rings. The van der Waals surface area contributed by atoms with Gasteiger partial charge in [-0.15, -0.1) is 0 Å². The Labute approximate surface area is 137 Å². The van der Waals surface area contributed by atoms with Crippen LogP contribution in [0, 0.1) is 29.6 Å². The van der Waals surface area contributed by atoms with Crippen molar-refractivity contribution >= 4 is 12.0 Å². The first kappa shape index (κ1) is 16.2. The molecule has 1 saturated heterocycles. The summed E-state index contributed by atoms with van der Waals surface area (Å²) < 4.78 is 5.51. The quantitative estimate of drug-likeness (QED) is 0.868. The lowest BCUT2D eigenvalue weighted by molar-refractivity contribution is -0.144. The summed E-state index contributed by atoms with van der Waals surface area (Å²) in [5.41, 5.74) is 0.919. The van der Waals surface area contributed by atoms with Crippen molar-refractivity contribution in [3.05, 3.63) is 36.2 Å². The average molecular weight is 315 g/mol. The van der Waals surface area contributed by atoms with Crippen LogP contribution in [0.5, 0.6) is 0 Å². The Kier molecular flexibility index (Phi) is 4.81.